The second-order valence-electron chi connectivity index (χ2n) is 6.39. The zero-order chi connectivity index (χ0) is 14.5. The molecule has 0 spiro atoms. The van der Waals surface area contributed by atoms with Gasteiger partial charge in [-0.2, -0.15) is 0 Å². The molecule has 110 valence electrons. The normalized spacial score (nSPS) is 34.4. The number of nitrogens with zero attached hydrogens (tertiary/aromatic N) is 1. The van der Waals surface area contributed by atoms with Gasteiger partial charge < -0.3 is 20.3 Å². The van der Waals surface area contributed by atoms with Crippen LogP contribution in [0.2, 0.25) is 0 Å². The number of aryl methyl sites for hydroxylation is 1. The van der Waals surface area contributed by atoms with E-state index in [4.69, 9.17) is 15.0 Å². The fraction of sp³-hybridized carbons (Fsp3) is 0.714. The highest BCUT2D eigenvalue weighted by atomic mass is 16.5. The number of carbonyl (C=O) groups is 1. The summed E-state index contributed by atoms with van der Waals surface area (Å²) in [5.41, 5.74) is 5.93. The molecule has 1 aliphatic heterocycles. The van der Waals surface area contributed by atoms with Gasteiger partial charge in [0.2, 0.25) is 5.91 Å². The van der Waals surface area contributed by atoms with Gasteiger partial charge in [0.1, 0.15) is 17.0 Å². The minimum absolute atomic E-state index is 0.0903. The van der Waals surface area contributed by atoms with E-state index in [0.29, 0.717) is 18.8 Å². The van der Waals surface area contributed by atoms with E-state index in [9.17, 15) is 4.79 Å². The number of hydrogen-bond acceptors (Lipinski definition) is 5. The maximum absolute atomic E-state index is 12.5. The number of amides is 1. The lowest BCUT2D eigenvalue weighted by atomic mass is 9.48. The van der Waals surface area contributed by atoms with Crippen molar-refractivity contribution >= 4 is 5.91 Å². The summed E-state index contributed by atoms with van der Waals surface area (Å²) in [5.74, 6) is 0.705. The Balaban J connectivity index is 1.70. The summed E-state index contributed by atoms with van der Waals surface area (Å²) in [5, 5.41) is 6.74. The number of hydrogen-bond donors (Lipinski definition) is 2. The van der Waals surface area contributed by atoms with E-state index in [2.05, 4.69) is 10.5 Å². The van der Waals surface area contributed by atoms with Crippen molar-refractivity contribution in [2.24, 2.45) is 17.1 Å². The van der Waals surface area contributed by atoms with E-state index in [0.717, 1.165) is 12.2 Å². The Morgan fingerprint density at radius 3 is 3.00 bits per heavy atom. The summed E-state index contributed by atoms with van der Waals surface area (Å²) in [4.78, 5) is 12.5. The zero-order valence-electron chi connectivity index (χ0n) is 12.1. The summed E-state index contributed by atoms with van der Waals surface area (Å²) < 4.78 is 10.7. The zero-order valence-corrected chi connectivity index (χ0v) is 12.1. The summed E-state index contributed by atoms with van der Waals surface area (Å²) in [6, 6.07) is 1.80. The average Bonchev–Trinajstić information content (AvgIpc) is 3.02. The molecule has 6 heteroatoms. The van der Waals surface area contributed by atoms with Gasteiger partial charge in [0.25, 0.3) is 0 Å². The number of rotatable bonds is 3. The molecule has 1 saturated heterocycles. The lowest BCUT2D eigenvalue weighted by Gasteiger charge is -2.60. The molecule has 3 atom stereocenters. The Kier molecular flexibility index (Phi) is 2.92. The molecule has 2 fully saturated rings. The molecule has 2 heterocycles. The van der Waals surface area contributed by atoms with Gasteiger partial charge in [-0.15, -0.1) is 0 Å². The first-order valence-corrected chi connectivity index (χ1v) is 6.98. The molecule has 1 saturated carbocycles. The van der Waals surface area contributed by atoms with Gasteiger partial charge in [-0.25, -0.2) is 0 Å². The molecule has 3 unspecified atom stereocenters. The molecular formula is C14H21N3O3. The molecule has 3 N–H and O–H groups in total. The minimum Gasteiger partial charge on any atom is -0.377 e. The maximum Gasteiger partial charge on any atom is 0.241 e. The number of nitrogens with two attached hydrogens (primary N) is 1. The fourth-order valence-corrected chi connectivity index (χ4v) is 3.66. The van der Waals surface area contributed by atoms with Crippen molar-refractivity contribution in [3.05, 3.63) is 17.5 Å². The highest BCUT2D eigenvalue weighted by Gasteiger charge is 2.71. The standard InChI is InChI=1S/C14H21N3O3/c1-8-6-9(17-20-8)7-16-12(18)14(15)10-4-5-19-11(10)13(14,2)3/h6,10-11H,4-5,7,15H2,1-3H3,(H,16,18). The SMILES string of the molecule is Cc1cc(CNC(=O)C2(N)C3CCOC3C2(C)C)no1. The predicted octanol–water partition coefficient (Wildman–Crippen LogP) is 0.742. The van der Waals surface area contributed by atoms with E-state index in [1.54, 1.807) is 6.07 Å². The molecule has 6 nitrogen and oxygen atoms in total. The molecule has 1 aromatic rings. The van der Waals surface area contributed by atoms with Crippen molar-refractivity contribution in [3.63, 3.8) is 0 Å². The summed E-state index contributed by atoms with van der Waals surface area (Å²) >= 11 is 0. The van der Waals surface area contributed by atoms with E-state index in [-0.39, 0.29) is 23.3 Å². The van der Waals surface area contributed by atoms with E-state index >= 15 is 0 Å². The molecule has 2 aliphatic rings. The van der Waals surface area contributed by atoms with Crippen LogP contribution in [-0.4, -0.2) is 29.3 Å². The highest BCUT2D eigenvalue weighted by Crippen LogP contribution is 2.58. The van der Waals surface area contributed by atoms with Crippen LogP contribution in [0.3, 0.4) is 0 Å². The average molecular weight is 279 g/mol. The Bertz CT molecular complexity index is 540. The first-order chi connectivity index (χ1) is 9.37. The lowest BCUT2D eigenvalue weighted by molar-refractivity contribution is -0.175. The molecule has 1 aliphatic carbocycles. The summed E-state index contributed by atoms with van der Waals surface area (Å²) in [6.07, 6.45) is 0.939. The van der Waals surface area contributed by atoms with Gasteiger partial charge in [0.05, 0.1) is 12.6 Å². The molecule has 20 heavy (non-hydrogen) atoms. The molecule has 1 amide bonds. The molecule has 3 rings (SSSR count). The van der Waals surface area contributed by atoms with Crippen LogP contribution in [0.15, 0.2) is 10.6 Å². The quantitative estimate of drug-likeness (QED) is 0.851. The number of ether oxygens (including phenoxy) is 1. The second-order valence-corrected chi connectivity index (χ2v) is 6.39. The summed E-state index contributed by atoms with van der Waals surface area (Å²) in [7, 11) is 0. The van der Waals surface area contributed by atoms with Crippen LogP contribution in [0.4, 0.5) is 0 Å². The maximum atomic E-state index is 12.5. The van der Waals surface area contributed by atoms with Crippen molar-refractivity contribution in [2.75, 3.05) is 6.61 Å². The summed E-state index contributed by atoms with van der Waals surface area (Å²) in [6.45, 7) is 6.84. The Morgan fingerprint density at radius 2 is 2.35 bits per heavy atom. The number of nitrogens with one attached hydrogen (secondary N) is 1. The van der Waals surface area contributed by atoms with Gasteiger partial charge >= 0.3 is 0 Å². The lowest BCUT2D eigenvalue weighted by Crippen LogP contribution is -2.80. The topological polar surface area (TPSA) is 90.4 Å². The van der Waals surface area contributed by atoms with Crippen molar-refractivity contribution in [1.82, 2.24) is 10.5 Å². The predicted molar refractivity (Wildman–Crippen MR) is 71.6 cm³/mol. The Labute approximate surface area is 118 Å². The van der Waals surface area contributed by atoms with Gasteiger partial charge in [-0.1, -0.05) is 19.0 Å². The molecule has 1 aromatic heterocycles. The van der Waals surface area contributed by atoms with Gasteiger partial charge in [-0.05, 0) is 13.3 Å². The Hall–Kier alpha value is -1.40. The van der Waals surface area contributed by atoms with Crippen LogP contribution in [0, 0.1) is 18.3 Å². The molecule has 0 aromatic carbocycles. The number of carbonyl (C=O) groups excluding carboxylic acids is 1. The van der Waals surface area contributed by atoms with E-state index in [1.165, 1.54) is 0 Å². The smallest absolute Gasteiger partial charge is 0.241 e. The van der Waals surface area contributed by atoms with Crippen LogP contribution >= 0.6 is 0 Å². The third-order valence-corrected chi connectivity index (χ3v) is 4.94. The van der Waals surface area contributed by atoms with Crippen molar-refractivity contribution in [2.45, 2.75) is 45.4 Å². The van der Waals surface area contributed by atoms with Gasteiger partial charge in [-0.3, -0.25) is 4.79 Å². The molecular weight excluding hydrogens is 258 g/mol. The van der Waals surface area contributed by atoms with Gasteiger partial charge in [0, 0.05) is 24.0 Å². The van der Waals surface area contributed by atoms with Crippen LogP contribution in [0.1, 0.15) is 31.7 Å². The van der Waals surface area contributed by atoms with Crippen LogP contribution in [0.25, 0.3) is 0 Å². The van der Waals surface area contributed by atoms with Crippen LogP contribution in [0.5, 0.6) is 0 Å². The second kappa shape index (κ2) is 4.30. The molecule has 0 bridgehead atoms. The monoisotopic (exact) mass is 279 g/mol. The number of fused-ring (bicyclic) bond motifs is 1. The van der Waals surface area contributed by atoms with E-state index in [1.807, 2.05) is 20.8 Å². The van der Waals surface area contributed by atoms with Gasteiger partial charge in [0.15, 0.2) is 0 Å². The van der Waals surface area contributed by atoms with Crippen molar-refractivity contribution in [3.8, 4) is 0 Å². The fourth-order valence-electron chi connectivity index (χ4n) is 3.66. The highest BCUT2D eigenvalue weighted by molar-refractivity contribution is 5.89. The first kappa shape index (κ1) is 13.6. The van der Waals surface area contributed by atoms with E-state index < -0.39 is 5.54 Å². The van der Waals surface area contributed by atoms with Crippen molar-refractivity contribution in [1.29, 1.82) is 0 Å². The minimum atomic E-state index is -0.868. The van der Waals surface area contributed by atoms with Crippen molar-refractivity contribution < 1.29 is 14.1 Å². The third kappa shape index (κ3) is 1.64. The van der Waals surface area contributed by atoms with Crippen LogP contribution < -0.4 is 11.1 Å². The third-order valence-electron chi connectivity index (χ3n) is 4.94. The Morgan fingerprint density at radius 1 is 1.60 bits per heavy atom. The van der Waals surface area contributed by atoms with Crippen LogP contribution in [-0.2, 0) is 16.1 Å². The largest absolute Gasteiger partial charge is 0.377 e. The molecule has 0 radical (unpaired) electrons. The number of aromatic nitrogens is 1. The first-order valence-electron chi connectivity index (χ1n) is 6.98.